The lowest BCUT2D eigenvalue weighted by Crippen LogP contribution is -2.41. The van der Waals surface area contributed by atoms with Gasteiger partial charge in [-0.1, -0.05) is 0 Å². The van der Waals surface area contributed by atoms with Crippen LogP contribution >= 0.6 is 0 Å². The highest BCUT2D eigenvalue weighted by atomic mass is 16.1. The normalized spacial score (nSPS) is 18.1. The molecule has 0 bridgehead atoms. The fourth-order valence-corrected chi connectivity index (χ4v) is 1.05. The minimum Gasteiger partial charge on any atom is -0.340 e. The van der Waals surface area contributed by atoms with Gasteiger partial charge in [0, 0.05) is 12.1 Å². The fourth-order valence-electron chi connectivity index (χ4n) is 1.05. The van der Waals surface area contributed by atoms with E-state index < -0.39 is 0 Å². The molecule has 2 heteroatoms. The summed E-state index contributed by atoms with van der Waals surface area (Å²) in [5.41, 5.74) is 0.00431. The van der Waals surface area contributed by atoms with Gasteiger partial charge in [0.2, 0.25) is 6.41 Å². The van der Waals surface area contributed by atoms with Crippen LogP contribution in [0.1, 0.15) is 33.6 Å². The molecule has 0 aromatic heterocycles. The van der Waals surface area contributed by atoms with Gasteiger partial charge in [-0.05, 0) is 39.5 Å². The Morgan fingerprint density at radius 3 is 2.27 bits per heavy atom. The average Bonchev–Trinajstić information content (AvgIpc) is 2.62. The van der Waals surface area contributed by atoms with Crippen LogP contribution in [-0.2, 0) is 4.79 Å². The monoisotopic (exact) mass is 155 g/mol. The molecular weight excluding hydrogens is 138 g/mol. The SMILES string of the molecule is CC(C)(C)N(C=O)CC1CC1. The number of nitrogens with zero attached hydrogens (tertiary/aromatic N) is 1. The Hall–Kier alpha value is -0.530. The zero-order valence-electron chi connectivity index (χ0n) is 7.63. The summed E-state index contributed by atoms with van der Waals surface area (Å²) >= 11 is 0. The molecule has 2 nitrogen and oxygen atoms in total. The molecule has 64 valence electrons. The van der Waals surface area contributed by atoms with Gasteiger partial charge in [-0.25, -0.2) is 0 Å². The van der Waals surface area contributed by atoms with Crippen molar-refractivity contribution in [2.24, 2.45) is 5.92 Å². The van der Waals surface area contributed by atoms with E-state index in [1.165, 1.54) is 12.8 Å². The molecule has 1 saturated carbocycles. The van der Waals surface area contributed by atoms with E-state index in [1.807, 2.05) is 4.90 Å². The number of hydrogen-bond donors (Lipinski definition) is 0. The first-order valence-electron chi connectivity index (χ1n) is 4.26. The Labute approximate surface area is 68.6 Å². The molecule has 0 radical (unpaired) electrons. The van der Waals surface area contributed by atoms with Gasteiger partial charge in [0.05, 0.1) is 0 Å². The third-order valence-corrected chi connectivity index (χ3v) is 2.14. The lowest BCUT2D eigenvalue weighted by Gasteiger charge is -2.32. The Kier molecular flexibility index (Phi) is 2.21. The van der Waals surface area contributed by atoms with Crippen LogP contribution < -0.4 is 0 Å². The molecular formula is C9H17NO. The van der Waals surface area contributed by atoms with Crippen molar-refractivity contribution >= 4 is 6.41 Å². The molecule has 0 aliphatic heterocycles. The van der Waals surface area contributed by atoms with Gasteiger partial charge in [-0.2, -0.15) is 0 Å². The topological polar surface area (TPSA) is 20.3 Å². The maximum absolute atomic E-state index is 10.6. The van der Waals surface area contributed by atoms with Crippen molar-refractivity contribution in [1.82, 2.24) is 4.90 Å². The standard InChI is InChI=1S/C9H17NO/c1-9(2,3)10(7-11)6-8-4-5-8/h7-8H,4-6H2,1-3H3. The van der Waals surface area contributed by atoms with Crippen molar-refractivity contribution in [1.29, 1.82) is 0 Å². The molecule has 0 N–H and O–H groups in total. The molecule has 1 aliphatic carbocycles. The van der Waals surface area contributed by atoms with Crippen LogP contribution in [0.25, 0.3) is 0 Å². The first kappa shape index (κ1) is 8.57. The molecule has 1 fully saturated rings. The number of hydrogen-bond acceptors (Lipinski definition) is 1. The summed E-state index contributed by atoms with van der Waals surface area (Å²) in [7, 11) is 0. The Morgan fingerprint density at radius 1 is 1.45 bits per heavy atom. The molecule has 0 atom stereocenters. The third kappa shape index (κ3) is 2.52. The zero-order chi connectivity index (χ0) is 8.48. The Balaban J connectivity index is 2.40. The van der Waals surface area contributed by atoms with Crippen LogP contribution in [-0.4, -0.2) is 23.4 Å². The van der Waals surface area contributed by atoms with Gasteiger partial charge in [0.1, 0.15) is 0 Å². The molecule has 0 aromatic carbocycles. The predicted octanol–water partition coefficient (Wildman–Crippen LogP) is 1.65. The van der Waals surface area contributed by atoms with E-state index in [1.54, 1.807) is 0 Å². The maximum atomic E-state index is 10.6. The number of carbonyl (C=O) groups is 1. The van der Waals surface area contributed by atoms with Gasteiger partial charge in [-0.15, -0.1) is 0 Å². The molecule has 1 amide bonds. The summed E-state index contributed by atoms with van der Waals surface area (Å²) in [5, 5.41) is 0. The van der Waals surface area contributed by atoms with Gasteiger partial charge in [-0.3, -0.25) is 4.79 Å². The van der Waals surface area contributed by atoms with Gasteiger partial charge in [0.15, 0.2) is 0 Å². The molecule has 0 aromatic rings. The van der Waals surface area contributed by atoms with Crippen molar-refractivity contribution < 1.29 is 4.79 Å². The van der Waals surface area contributed by atoms with E-state index >= 15 is 0 Å². The van der Waals surface area contributed by atoms with Crippen molar-refractivity contribution in [2.45, 2.75) is 39.2 Å². The van der Waals surface area contributed by atoms with E-state index in [0.717, 1.165) is 18.9 Å². The molecule has 1 rings (SSSR count). The van der Waals surface area contributed by atoms with E-state index in [9.17, 15) is 4.79 Å². The summed E-state index contributed by atoms with van der Waals surface area (Å²) in [5.74, 6) is 0.791. The second-order valence-corrected chi connectivity index (χ2v) is 4.37. The number of amides is 1. The van der Waals surface area contributed by atoms with Crippen LogP contribution in [0.4, 0.5) is 0 Å². The van der Waals surface area contributed by atoms with Gasteiger partial charge < -0.3 is 4.90 Å². The van der Waals surface area contributed by atoms with E-state index in [0.29, 0.717) is 0 Å². The lowest BCUT2D eigenvalue weighted by molar-refractivity contribution is -0.122. The summed E-state index contributed by atoms with van der Waals surface area (Å²) in [4.78, 5) is 12.5. The van der Waals surface area contributed by atoms with Crippen molar-refractivity contribution in [3.8, 4) is 0 Å². The highest BCUT2D eigenvalue weighted by Crippen LogP contribution is 2.31. The zero-order valence-corrected chi connectivity index (χ0v) is 7.63. The lowest BCUT2D eigenvalue weighted by atomic mass is 10.1. The molecule has 11 heavy (non-hydrogen) atoms. The van der Waals surface area contributed by atoms with Crippen LogP contribution in [0.3, 0.4) is 0 Å². The molecule has 0 heterocycles. The quantitative estimate of drug-likeness (QED) is 0.567. The van der Waals surface area contributed by atoms with Crippen molar-refractivity contribution in [3.05, 3.63) is 0 Å². The van der Waals surface area contributed by atoms with Crippen LogP contribution in [0.2, 0.25) is 0 Å². The van der Waals surface area contributed by atoms with Crippen molar-refractivity contribution in [2.75, 3.05) is 6.54 Å². The summed E-state index contributed by atoms with van der Waals surface area (Å²) in [6.07, 6.45) is 3.58. The first-order valence-corrected chi connectivity index (χ1v) is 4.26. The van der Waals surface area contributed by atoms with Gasteiger partial charge in [0.25, 0.3) is 0 Å². The molecule has 0 saturated heterocycles. The predicted molar refractivity (Wildman–Crippen MR) is 45.2 cm³/mol. The number of rotatable bonds is 3. The minimum absolute atomic E-state index is 0.00431. The minimum atomic E-state index is 0.00431. The smallest absolute Gasteiger partial charge is 0.210 e. The molecule has 0 spiro atoms. The summed E-state index contributed by atoms with van der Waals surface area (Å²) in [6.45, 7) is 7.17. The first-order chi connectivity index (χ1) is 5.04. The van der Waals surface area contributed by atoms with E-state index in [4.69, 9.17) is 0 Å². The summed E-state index contributed by atoms with van der Waals surface area (Å²) < 4.78 is 0. The summed E-state index contributed by atoms with van der Waals surface area (Å²) in [6, 6.07) is 0. The fraction of sp³-hybridized carbons (Fsp3) is 0.889. The van der Waals surface area contributed by atoms with Gasteiger partial charge >= 0.3 is 0 Å². The van der Waals surface area contributed by atoms with Crippen molar-refractivity contribution in [3.63, 3.8) is 0 Å². The Bertz CT molecular complexity index is 144. The van der Waals surface area contributed by atoms with Crippen LogP contribution in [0.15, 0.2) is 0 Å². The van der Waals surface area contributed by atoms with Crippen LogP contribution in [0.5, 0.6) is 0 Å². The van der Waals surface area contributed by atoms with E-state index in [-0.39, 0.29) is 5.54 Å². The largest absolute Gasteiger partial charge is 0.340 e. The third-order valence-electron chi connectivity index (χ3n) is 2.14. The van der Waals surface area contributed by atoms with E-state index in [2.05, 4.69) is 20.8 Å². The second kappa shape index (κ2) is 2.84. The number of carbonyl (C=O) groups excluding carboxylic acids is 1. The maximum Gasteiger partial charge on any atom is 0.210 e. The van der Waals surface area contributed by atoms with Crippen LogP contribution in [0, 0.1) is 5.92 Å². The Morgan fingerprint density at radius 2 is 2.00 bits per heavy atom. The average molecular weight is 155 g/mol. The molecule has 0 unspecified atom stereocenters. The highest BCUT2D eigenvalue weighted by Gasteiger charge is 2.28. The molecule has 1 aliphatic rings. The highest BCUT2D eigenvalue weighted by molar-refractivity contribution is 5.48. The second-order valence-electron chi connectivity index (χ2n) is 4.37.